The molecule has 0 atom stereocenters. The monoisotopic (exact) mass is 428 g/mol. The fraction of sp³-hybridized carbons (Fsp3) is 0.240. The van der Waals surface area contributed by atoms with Gasteiger partial charge in [-0.3, -0.25) is 14.6 Å². The average Bonchev–Trinajstić information content (AvgIpc) is 3.16. The molecular weight excluding hydrogens is 404 g/mol. The first-order chi connectivity index (χ1) is 15.5. The third-order valence-electron chi connectivity index (χ3n) is 6.35. The quantitative estimate of drug-likeness (QED) is 0.617. The molecule has 3 heterocycles. The third kappa shape index (κ3) is 3.45. The molecule has 2 aliphatic rings. The average molecular weight is 428 g/mol. The van der Waals surface area contributed by atoms with E-state index in [2.05, 4.69) is 16.9 Å². The van der Waals surface area contributed by atoms with Gasteiger partial charge in [-0.1, -0.05) is 30.8 Å². The van der Waals surface area contributed by atoms with Crippen molar-refractivity contribution in [2.75, 3.05) is 18.4 Å². The molecule has 7 nitrogen and oxygen atoms in total. The van der Waals surface area contributed by atoms with Crippen LogP contribution in [0.15, 0.2) is 61.4 Å². The van der Waals surface area contributed by atoms with Crippen LogP contribution in [0.4, 0.5) is 11.4 Å². The lowest BCUT2D eigenvalue weighted by Crippen LogP contribution is -2.46. The molecule has 1 saturated heterocycles. The molecule has 0 bridgehead atoms. The van der Waals surface area contributed by atoms with Gasteiger partial charge in [0.15, 0.2) is 0 Å². The summed E-state index contributed by atoms with van der Waals surface area (Å²) >= 11 is 0. The highest BCUT2D eigenvalue weighted by Gasteiger charge is 2.36. The number of hydrogen-bond donors (Lipinski definition) is 2. The number of rotatable bonds is 4. The number of aromatic hydroxyl groups is 1. The van der Waals surface area contributed by atoms with Crippen molar-refractivity contribution in [2.24, 2.45) is 0 Å². The van der Waals surface area contributed by atoms with E-state index < -0.39 is 0 Å². The Morgan fingerprint density at radius 3 is 2.72 bits per heavy atom. The number of fused-ring (bicyclic) bond motifs is 2. The van der Waals surface area contributed by atoms with E-state index in [1.165, 1.54) is 6.08 Å². The standard InChI is InChI=1S/C25H24N4O3/c1-2-23(31)28-9-7-18(8-10-28)29-15-17-13-26-14-22(24(17)25(29)32)27-21-12-19(30)11-16-5-3-4-6-20(16)21/h2-6,11-14,18,27,30H,1,7-10,15H2. The van der Waals surface area contributed by atoms with Gasteiger partial charge in [0.2, 0.25) is 5.91 Å². The molecule has 0 spiro atoms. The normalized spacial score (nSPS) is 16.3. The van der Waals surface area contributed by atoms with Crippen LogP contribution in [-0.2, 0) is 11.3 Å². The molecule has 3 aromatic rings. The number of phenols is 1. The van der Waals surface area contributed by atoms with Crippen molar-refractivity contribution < 1.29 is 14.7 Å². The second-order valence-corrected chi connectivity index (χ2v) is 8.25. The first kappa shape index (κ1) is 20.1. The lowest BCUT2D eigenvalue weighted by molar-refractivity contribution is -0.127. The van der Waals surface area contributed by atoms with Crippen molar-refractivity contribution in [2.45, 2.75) is 25.4 Å². The van der Waals surface area contributed by atoms with Gasteiger partial charge in [0.25, 0.3) is 5.91 Å². The fourth-order valence-electron chi connectivity index (χ4n) is 4.74. The molecule has 32 heavy (non-hydrogen) atoms. The van der Waals surface area contributed by atoms with E-state index in [1.807, 2.05) is 29.2 Å². The number of aromatic nitrogens is 1. The Labute approximate surface area is 186 Å². The number of likely N-dealkylation sites (tertiary alicyclic amines) is 1. The number of phenolic OH excluding ortho intramolecular Hbond substituents is 1. The number of carbonyl (C=O) groups excluding carboxylic acids is 2. The summed E-state index contributed by atoms with van der Waals surface area (Å²) in [5.41, 5.74) is 2.86. The van der Waals surface area contributed by atoms with Gasteiger partial charge in [0.05, 0.1) is 23.1 Å². The Balaban J connectivity index is 1.41. The summed E-state index contributed by atoms with van der Waals surface area (Å²) in [5.74, 6) is 0.0666. The summed E-state index contributed by atoms with van der Waals surface area (Å²) in [6, 6.07) is 11.2. The predicted octanol–water partition coefficient (Wildman–Crippen LogP) is 3.82. The van der Waals surface area contributed by atoms with Crippen LogP contribution in [0.5, 0.6) is 5.75 Å². The number of anilines is 2. The summed E-state index contributed by atoms with van der Waals surface area (Å²) in [7, 11) is 0. The lowest BCUT2D eigenvalue weighted by atomic mass is 10.0. The Bertz CT molecular complexity index is 1230. The third-order valence-corrected chi connectivity index (χ3v) is 6.35. The minimum absolute atomic E-state index is 0.0251. The fourth-order valence-corrected chi connectivity index (χ4v) is 4.74. The van der Waals surface area contributed by atoms with Crippen LogP contribution >= 0.6 is 0 Å². The largest absolute Gasteiger partial charge is 0.508 e. The van der Waals surface area contributed by atoms with Crippen LogP contribution in [0.3, 0.4) is 0 Å². The first-order valence-corrected chi connectivity index (χ1v) is 10.7. The zero-order chi connectivity index (χ0) is 22.2. The number of nitrogens with one attached hydrogen (secondary N) is 1. The number of hydrogen-bond acceptors (Lipinski definition) is 5. The Morgan fingerprint density at radius 1 is 1.16 bits per heavy atom. The maximum atomic E-state index is 13.4. The number of amides is 2. The van der Waals surface area contributed by atoms with E-state index in [9.17, 15) is 14.7 Å². The van der Waals surface area contributed by atoms with E-state index in [1.54, 1.807) is 29.4 Å². The summed E-state index contributed by atoms with van der Waals surface area (Å²) in [5, 5.41) is 15.4. The predicted molar refractivity (Wildman–Crippen MR) is 123 cm³/mol. The van der Waals surface area contributed by atoms with Crippen LogP contribution in [0.2, 0.25) is 0 Å². The van der Waals surface area contributed by atoms with Crippen LogP contribution < -0.4 is 5.32 Å². The van der Waals surface area contributed by atoms with E-state index in [4.69, 9.17) is 0 Å². The number of carbonyl (C=O) groups is 2. The van der Waals surface area contributed by atoms with E-state index in [0.717, 1.165) is 34.9 Å². The summed E-state index contributed by atoms with van der Waals surface area (Å²) < 4.78 is 0. The molecule has 7 heteroatoms. The lowest BCUT2D eigenvalue weighted by Gasteiger charge is -2.36. The van der Waals surface area contributed by atoms with Crippen molar-refractivity contribution in [3.8, 4) is 5.75 Å². The molecule has 1 aromatic heterocycles. The maximum absolute atomic E-state index is 13.4. The number of benzene rings is 2. The molecule has 0 aliphatic carbocycles. The maximum Gasteiger partial charge on any atom is 0.256 e. The van der Waals surface area contributed by atoms with Gasteiger partial charge in [-0.25, -0.2) is 0 Å². The topological polar surface area (TPSA) is 85.8 Å². The van der Waals surface area contributed by atoms with Crippen LogP contribution in [0, 0.1) is 0 Å². The first-order valence-electron chi connectivity index (χ1n) is 10.7. The van der Waals surface area contributed by atoms with Crippen LogP contribution in [-0.4, -0.2) is 50.8 Å². The second kappa shape index (κ2) is 8.00. The molecule has 0 radical (unpaired) electrons. The van der Waals surface area contributed by atoms with Gasteiger partial charge in [-0.2, -0.15) is 0 Å². The molecule has 2 N–H and O–H groups in total. The molecule has 0 unspecified atom stereocenters. The van der Waals surface area contributed by atoms with Crippen molar-refractivity contribution in [3.05, 3.63) is 72.6 Å². The minimum atomic E-state index is -0.0616. The van der Waals surface area contributed by atoms with Gasteiger partial charge < -0.3 is 20.2 Å². The van der Waals surface area contributed by atoms with Crippen molar-refractivity contribution in [1.29, 1.82) is 0 Å². The number of piperidine rings is 1. The van der Waals surface area contributed by atoms with Crippen molar-refractivity contribution >= 4 is 34.0 Å². The molecular formula is C25H24N4O3. The highest BCUT2D eigenvalue weighted by atomic mass is 16.3. The smallest absolute Gasteiger partial charge is 0.256 e. The van der Waals surface area contributed by atoms with Gasteiger partial charge in [-0.05, 0) is 30.4 Å². The molecule has 0 saturated carbocycles. The summed E-state index contributed by atoms with van der Waals surface area (Å²) in [6.45, 7) is 5.30. The van der Waals surface area contributed by atoms with E-state index in [-0.39, 0.29) is 23.6 Å². The zero-order valence-electron chi connectivity index (χ0n) is 17.6. The highest BCUT2D eigenvalue weighted by molar-refractivity contribution is 6.05. The van der Waals surface area contributed by atoms with Gasteiger partial charge >= 0.3 is 0 Å². The Morgan fingerprint density at radius 2 is 1.94 bits per heavy atom. The van der Waals surface area contributed by atoms with Crippen LogP contribution in [0.25, 0.3) is 10.8 Å². The van der Waals surface area contributed by atoms with Gasteiger partial charge in [-0.15, -0.1) is 0 Å². The molecule has 1 fully saturated rings. The van der Waals surface area contributed by atoms with Crippen LogP contribution in [0.1, 0.15) is 28.8 Å². The zero-order valence-corrected chi connectivity index (χ0v) is 17.6. The number of nitrogens with zero attached hydrogens (tertiary/aromatic N) is 3. The molecule has 162 valence electrons. The Hall–Kier alpha value is -3.87. The van der Waals surface area contributed by atoms with Crippen molar-refractivity contribution in [1.82, 2.24) is 14.8 Å². The molecule has 5 rings (SSSR count). The molecule has 2 amide bonds. The molecule has 2 aromatic carbocycles. The minimum Gasteiger partial charge on any atom is -0.508 e. The molecule has 2 aliphatic heterocycles. The van der Waals surface area contributed by atoms with E-state index >= 15 is 0 Å². The number of pyridine rings is 1. The summed E-state index contributed by atoms with van der Waals surface area (Å²) in [6.07, 6.45) is 6.23. The summed E-state index contributed by atoms with van der Waals surface area (Å²) in [4.78, 5) is 33.3. The SMILES string of the molecule is C=CC(=O)N1CCC(N2Cc3cncc(Nc4cc(O)cc5ccccc45)c3C2=O)CC1. The van der Waals surface area contributed by atoms with E-state index in [0.29, 0.717) is 30.9 Å². The Kier molecular flexibility index (Phi) is 5.01. The van der Waals surface area contributed by atoms with Gasteiger partial charge in [0.1, 0.15) is 5.75 Å². The van der Waals surface area contributed by atoms with Crippen molar-refractivity contribution in [3.63, 3.8) is 0 Å². The highest BCUT2D eigenvalue weighted by Crippen LogP contribution is 2.36. The van der Waals surface area contributed by atoms with Gasteiger partial charge in [0, 0.05) is 48.9 Å². The second-order valence-electron chi connectivity index (χ2n) is 8.25.